The van der Waals surface area contributed by atoms with Gasteiger partial charge >= 0.3 is 0 Å². The number of likely N-dealkylation sites (tertiary alicyclic amines) is 2. The highest BCUT2D eigenvalue weighted by Gasteiger charge is 2.43. The van der Waals surface area contributed by atoms with Crippen molar-refractivity contribution < 1.29 is 9.15 Å². The summed E-state index contributed by atoms with van der Waals surface area (Å²) in [7, 11) is 1.86. The number of likely N-dealkylation sites (N-methyl/N-ethyl adjacent to an activating group) is 1. The van der Waals surface area contributed by atoms with Crippen molar-refractivity contribution in [3.05, 3.63) is 24.2 Å². The zero-order valence-corrected chi connectivity index (χ0v) is 11.9. The lowest BCUT2D eigenvalue weighted by Gasteiger charge is -2.41. The molecule has 0 saturated carbocycles. The van der Waals surface area contributed by atoms with Crippen LogP contribution >= 0.6 is 0 Å². The second-order valence-electron chi connectivity index (χ2n) is 5.75. The van der Waals surface area contributed by atoms with Gasteiger partial charge in [0.25, 0.3) is 0 Å². The molecule has 0 amide bonds. The average molecular weight is 264 g/mol. The van der Waals surface area contributed by atoms with Crippen LogP contribution < -0.4 is 0 Å². The predicted molar refractivity (Wildman–Crippen MR) is 73.9 cm³/mol. The van der Waals surface area contributed by atoms with Gasteiger partial charge in [-0.05, 0) is 19.0 Å². The first-order valence-corrected chi connectivity index (χ1v) is 7.32. The largest absolute Gasteiger partial charge is 0.472 e. The van der Waals surface area contributed by atoms with Gasteiger partial charge in [-0.1, -0.05) is 6.92 Å². The van der Waals surface area contributed by atoms with Crippen LogP contribution in [0.25, 0.3) is 0 Å². The first kappa shape index (κ1) is 13.2. The lowest BCUT2D eigenvalue weighted by atomic mass is 9.89. The average Bonchev–Trinajstić information content (AvgIpc) is 3.07. The predicted octanol–water partition coefficient (Wildman–Crippen LogP) is 1.82. The van der Waals surface area contributed by atoms with Crippen LogP contribution in [0.1, 0.15) is 18.9 Å². The van der Waals surface area contributed by atoms with Gasteiger partial charge in [0.2, 0.25) is 0 Å². The smallest absolute Gasteiger partial charge is 0.0947 e. The molecule has 0 aromatic carbocycles. The topological polar surface area (TPSA) is 28.9 Å². The van der Waals surface area contributed by atoms with Gasteiger partial charge in [0.05, 0.1) is 18.6 Å². The number of rotatable bonds is 4. The quantitative estimate of drug-likeness (QED) is 0.829. The Bertz CT molecular complexity index is 393. The van der Waals surface area contributed by atoms with Crippen molar-refractivity contribution in [2.24, 2.45) is 5.92 Å². The molecule has 0 radical (unpaired) electrons. The van der Waals surface area contributed by atoms with Crippen molar-refractivity contribution in [1.82, 2.24) is 9.80 Å². The molecule has 3 heterocycles. The van der Waals surface area contributed by atoms with E-state index in [0.717, 1.165) is 26.1 Å². The minimum Gasteiger partial charge on any atom is -0.472 e. The number of hydrogen-bond acceptors (Lipinski definition) is 4. The number of piperidine rings is 1. The van der Waals surface area contributed by atoms with Gasteiger partial charge in [-0.15, -0.1) is 0 Å². The van der Waals surface area contributed by atoms with E-state index >= 15 is 0 Å². The summed E-state index contributed by atoms with van der Waals surface area (Å²) in [5, 5.41) is 0. The fourth-order valence-electron chi connectivity index (χ4n) is 3.68. The minimum absolute atomic E-state index is 0.433. The Balaban J connectivity index is 1.72. The summed E-state index contributed by atoms with van der Waals surface area (Å²) < 4.78 is 10.9. The monoisotopic (exact) mass is 264 g/mol. The Morgan fingerprint density at radius 3 is 3.00 bits per heavy atom. The van der Waals surface area contributed by atoms with E-state index in [4.69, 9.17) is 9.15 Å². The van der Waals surface area contributed by atoms with Crippen molar-refractivity contribution in [2.45, 2.75) is 32.0 Å². The molecule has 2 saturated heterocycles. The fourth-order valence-corrected chi connectivity index (χ4v) is 3.68. The normalized spacial score (nSPS) is 32.6. The molecule has 19 heavy (non-hydrogen) atoms. The third-order valence-electron chi connectivity index (χ3n) is 4.77. The summed E-state index contributed by atoms with van der Waals surface area (Å²) in [6.07, 6.45) is 5.21. The zero-order chi connectivity index (χ0) is 13.2. The molecule has 3 atom stereocenters. The highest BCUT2D eigenvalue weighted by atomic mass is 16.5. The second kappa shape index (κ2) is 5.65. The Labute approximate surface area is 115 Å². The van der Waals surface area contributed by atoms with Gasteiger partial charge in [-0.3, -0.25) is 4.90 Å². The van der Waals surface area contributed by atoms with Crippen molar-refractivity contribution in [3.63, 3.8) is 0 Å². The summed E-state index contributed by atoms with van der Waals surface area (Å²) in [6.45, 7) is 7.89. The highest BCUT2D eigenvalue weighted by molar-refractivity contribution is 5.07. The molecular formula is C15H24N2O2. The van der Waals surface area contributed by atoms with Crippen molar-refractivity contribution >= 4 is 0 Å². The second-order valence-corrected chi connectivity index (χ2v) is 5.75. The standard InChI is InChI=1S/C15H24N2O2/c1-3-16-9-13-14(10-16)17(6-4-15(13)18-2)8-12-5-7-19-11-12/h5,7,11,13-15H,3-4,6,8-10H2,1-2H3/t13-,14+,15-/m0/s1. The summed E-state index contributed by atoms with van der Waals surface area (Å²) in [4.78, 5) is 5.16. The summed E-state index contributed by atoms with van der Waals surface area (Å²) in [5.41, 5.74) is 1.28. The van der Waals surface area contributed by atoms with Gasteiger partial charge in [0, 0.05) is 50.8 Å². The first-order valence-electron chi connectivity index (χ1n) is 7.32. The summed E-state index contributed by atoms with van der Waals surface area (Å²) in [6, 6.07) is 2.71. The van der Waals surface area contributed by atoms with Crippen LogP contribution in [0.3, 0.4) is 0 Å². The molecule has 1 aromatic rings. The molecule has 0 unspecified atom stereocenters. The first-order chi connectivity index (χ1) is 9.31. The molecule has 2 aliphatic heterocycles. The van der Waals surface area contributed by atoms with E-state index < -0.39 is 0 Å². The Kier molecular flexibility index (Phi) is 3.91. The molecule has 0 N–H and O–H groups in total. The number of ether oxygens (including phenoxy) is 1. The summed E-state index contributed by atoms with van der Waals surface area (Å²) >= 11 is 0. The number of methoxy groups -OCH3 is 1. The Morgan fingerprint density at radius 1 is 1.42 bits per heavy atom. The van der Waals surface area contributed by atoms with E-state index in [0.29, 0.717) is 18.1 Å². The number of furan rings is 1. The number of hydrogen-bond donors (Lipinski definition) is 0. The van der Waals surface area contributed by atoms with Crippen LogP contribution in [0.2, 0.25) is 0 Å². The van der Waals surface area contributed by atoms with E-state index in [2.05, 4.69) is 22.8 Å². The highest BCUT2D eigenvalue weighted by Crippen LogP contribution is 2.33. The molecule has 2 fully saturated rings. The van der Waals surface area contributed by atoms with Crippen LogP contribution in [-0.4, -0.2) is 55.2 Å². The van der Waals surface area contributed by atoms with E-state index in [9.17, 15) is 0 Å². The van der Waals surface area contributed by atoms with Crippen molar-refractivity contribution in [3.8, 4) is 0 Å². The third-order valence-corrected chi connectivity index (χ3v) is 4.77. The molecular weight excluding hydrogens is 240 g/mol. The van der Waals surface area contributed by atoms with E-state index in [1.807, 2.05) is 13.4 Å². The lowest BCUT2D eigenvalue weighted by Crippen LogP contribution is -2.50. The van der Waals surface area contributed by atoms with E-state index in [1.165, 1.54) is 18.7 Å². The molecule has 2 aliphatic rings. The number of nitrogens with zero attached hydrogens (tertiary/aromatic N) is 2. The molecule has 0 aliphatic carbocycles. The van der Waals surface area contributed by atoms with Crippen molar-refractivity contribution in [1.29, 1.82) is 0 Å². The maximum atomic E-state index is 5.71. The van der Waals surface area contributed by atoms with Gasteiger partial charge in [-0.25, -0.2) is 0 Å². The molecule has 0 bridgehead atoms. The van der Waals surface area contributed by atoms with Gasteiger partial charge in [-0.2, -0.15) is 0 Å². The van der Waals surface area contributed by atoms with Gasteiger partial charge in [0.1, 0.15) is 0 Å². The Morgan fingerprint density at radius 2 is 2.32 bits per heavy atom. The number of fused-ring (bicyclic) bond motifs is 1. The van der Waals surface area contributed by atoms with Gasteiger partial charge in [0.15, 0.2) is 0 Å². The van der Waals surface area contributed by atoms with E-state index in [1.54, 1.807) is 6.26 Å². The minimum atomic E-state index is 0.433. The van der Waals surface area contributed by atoms with Crippen LogP contribution in [0.5, 0.6) is 0 Å². The zero-order valence-electron chi connectivity index (χ0n) is 11.9. The molecule has 0 spiro atoms. The molecule has 106 valence electrons. The maximum Gasteiger partial charge on any atom is 0.0947 e. The fraction of sp³-hybridized carbons (Fsp3) is 0.733. The van der Waals surface area contributed by atoms with Crippen LogP contribution in [-0.2, 0) is 11.3 Å². The summed E-state index contributed by atoms with van der Waals surface area (Å²) in [5.74, 6) is 0.658. The molecule has 4 nitrogen and oxygen atoms in total. The van der Waals surface area contributed by atoms with Crippen LogP contribution in [0.15, 0.2) is 23.0 Å². The SMILES string of the molecule is CCN1C[C@@H]2[C@@H](OC)CCN(Cc3ccoc3)[C@@H]2C1. The Hall–Kier alpha value is -0.840. The third kappa shape index (κ3) is 2.57. The molecule has 1 aromatic heterocycles. The van der Waals surface area contributed by atoms with Crippen LogP contribution in [0, 0.1) is 5.92 Å². The maximum absolute atomic E-state index is 5.71. The van der Waals surface area contributed by atoms with Crippen LogP contribution in [0.4, 0.5) is 0 Å². The van der Waals surface area contributed by atoms with Gasteiger partial charge < -0.3 is 14.1 Å². The molecule has 4 heteroatoms. The molecule has 3 rings (SSSR count). The van der Waals surface area contributed by atoms with Crippen molar-refractivity contribution in [2.75, 3.05) is 33.3 Å². The lowest BCUT2D eigenvalue weighted by molar-refractivity contribution is -0.0245. The van der Waals surface area contributed by atoms with E-state index in [-0.39, 0.29) is 0 Å².